The standard InChI is InChI=1S/C20H18ClN3O/c21-15-8-5-14(6-9-15)19-23-18-16-4-2-1-3-13(16)7-10-17(18)20(24-19)22-11-12-25/h1-6,8-9,25H,7,10-12H2,(H,22,23,24). The number of nitrogens with one attached hydrogen (secondary N) is 1. The summed E-state index contributed by atoms with van der Waals surface area (Å²) in [4.78, 5) is 9.59. The van der Waals surface area contributed by atoms with E-state index < -0.39 is 0 Å². The van der Waals surface area contributed by atoms with Gasteiger partial charge in [0, 0.05) is 28.3 Å². The highest BCUT2D eigenvalue weighted by Gasteiger charge is 2.22. The zero-order valence-corrected chi connectivity index (χ0v) is 14.4. The zero-order valence-electron chi connectivity index (χ0n) is 13.7. The van der Waals surface area contributed by atoms with Gasteiger partial charge in [-0.15, -0.1) is 0 Å². The van der Waals surface area contributed by atoms with Gasteiger partial charge in [-0.2, -0.15) is 0 Å². The summed E-state index contributed by atoms with van der Waals surface area (Å²) in [5, 5.41) is 13.1. The fourth-order valence-electron chi connectivity index (χ4n) is 3.22. The lowest BCUT2D eigenvalue weighted by Gasteiger charge is -2.22. The molecule has 1 aliphatic rings. The van der Waals surface area contributed by atoms with Crippen LogP contribution in [-0.4, -0.2) is 28.2 Å². The summed E-state index contributed by atoms with van der Waals surface area (Å²) >= 11 is 6.00. The van der Waals surface area contributed by atoms with Gasteiger partial charge in [-0.05, 0) is 42.7 Å². The normalized spacial score (nSPS) is 12.4. The molecule has 126 valence electrons. The molecule has 0 saturated carbocycles. The fraction of sp³-hybridized carbons (Fsp3) is 0.200. The van der Waals surface area contributed by atoms with Crippen molar-refractivity contribution in [2.24, 2.45) is 0 Å². The van der Waals surface area contributed by atoms with Crippen LogP contribution in [0.3, 0.4) is 0 Å². The average molecular weight is 352 g/mol. The summed E-state index contributed by atoms with van der Waals surface area (Å²) in [6.07, 6.45) is 1.86. The Bertz CT molecular complexity index is 909. The monoisotopic (exact) mass is 351 g/mol. The minimum absolute atomic E-state index is 0.0612. The molecule has 1 aromatic heterocycles. The minimum Gasteiger partial charge on any atom is -0.395 e. The molecular weight excluding hydrogens is 334 g/mol. The topological polar surface area (TPSA) is 58.0 Å². The number of hydrogen-bond donors (Lipinski definition) is 2. The summed E-state index contributed by atoms with van der Waals surface area (Å²) in [6, 6.07) is 15.9. The highest BCUT2D eigenvalue weighted by molar-refractivity contribution is 6.30. The van der Waals surface area contributed by atoms with Crippen LogP contribution in [0.1, 0.15) is 11.1 Å². The van der Waals surface area contributed by atoms with Crippen molar-refractivity contribution in [1.82, 2.24) is 9.97 Å². The number of halogens is 1. The Hall–Kier alpha value is -2.43. The molecule has 0 aliphatic heterocycles. The number of aromatic nitrogens is 2. The van der Waals surface area contributed by atoms with Gasteiger partial charge in [-0.1, -0.05) is 35.9 Å². The Kier molecular flexibility index (Phi) is 4.38. The first-order valence-electron chi connectivity index (χ1n) is 8.36. The van der Waals surface area contributed by atoms with Crippen molar-refractivity contribution in [2.45, 2.75) is 12.8 Å². The number of fused-ring (bicyclic) bond motifs is 3. The van der Waals surface area contributed by atoms with Crippen LogP contribution in [0, 0.1) is 0 Å². The van der Waals surface area contributed by atoms with Gasteiger partial charge in [0.2, 0.25) is 0 Å². The van der Waals surface area contributed by atoms with Crippen LogP contribution in [0.15, 0.2) is 48.5 Å². The number of aliphatic hydroxyl groups excluding tert-OH is 1. The van der Waals surface area contributed by atoms with Crippen molar-refractivity contribution < 1.29 is 5.11 Å². The van der Waals surface area contributed by atoms with Crippen LogP contribution in [0.4, 0.5) is 5.82 Å². The highest BCUT2D eigenvalue weighted by Crippen LogP contribution is 2.36. The zero-order chi connectivity index (χ0) is 17.2. The Labute approximate surface area is 151 Å². The van der Waals surface area contributed by atoms with Crippen molar-refractivity contribution in [3.8, 4) is 22.6 Å². The van der Waals surface area contributed by atoms with Gasteiger partial charge >= 0.3 is 0 Å². The SMILES string of the molecule is OCCNc1nc(-c2ccc(Cl)cc2)nc2c1CCc1ccccc1-2. The second kappa shape index (κ2) is 6.82. The predicted molar refractivity (Wildman–Crippen MR) is 101 cm³/mol. The van der Waals surface area contributed by atoms with E-state index in [0.29, 0.717) is 17.4 Å². The maximum Gasteiger partial charge on any atom is 0.162 e. The van der Waals surface area contributed by atoms with Gasteiger partial charge in [0.15, 0.2) is 5.82 Å². The quantitative estimate of drug-likeness (QED) is 0.746. The lowest BCUT2D eigenvalue weighted by atomic mass is 9.89. The first-order chi connectivity index (χ1) is 12.3. The second-order valence-electron chi connectivity index (χ2n) is 6.04. The van der Waals surface area contributed by atoms with E-state index in [2.05, 4.69) is 23.5 Å². The molecule has 1 aliphatic carbocycles. The molecular formula is C20H18ClN3O. The number of rotatable bonds is 4. The van der Waals surface area contributed by atoms with Crippen LogP contribution in [0.5, 0.6) is 0 Å². The van der Waals surface area contributed by atoms with Crippen molar-refractivity contribution in [3.63, 3.8) is 0 Å². The van der Waals surface area contributed by atoms with Crippen molar-refractivity contribution in [3.05, 3.63) is 64.7 Å². The van der Waals surface area contributed by atoms with Crippen LogP contribution in [-0.2, 0) is 12.8 Å². The van der Waals surface area contributed by atoms with E-state index in [4.69, 9.17) is 21.6 Å². The van der Waals surface area contributed by atoms with Crippen LogP contribution >= 0.6 is 11.6 Å². The molecule has 3 aromatic rings. The van der Waals surface area contributed by atoms with Gasteiger partial charge in [0.05, 0.1) is 12.3 Å². The summed E-state index contributed by atoms with van der Waals surface area (Å²) in [6.45, 7) is 0.525. The molecule has 1 heterocycles. The van der Waals surface area contributed by atoms with E-state index in [1.54, 1.807) is 0 Å². The van der Waals surface area contributed by atoms with Crippen molar-refractivity contribution in [1.29, 1.82) is 0 Å². The van der Waals surface area contributed by atoms with Crippen LogP contribution < -0.4 is 5.32 Å². The number of nitrogens with zero attached hydrogens (tertiary/aromatic N) is 2. The van der Waals surface area contributed by atoms with Crippen LogP contribution in [0.25, 0.3) is 22.6 Å². The highest BCUT2D eigenvalue weighted by atomic mass is 35.5. The molecule has 2 aromatic carbocycles. The molecule has 0 amide bonds. The molecule has 2 N–H and O–H groups in total. The van der Waals surface area contributed by atoms with Crippen LogP contribution in [0.2, 0.25) is 5.02 Å². The number of anilines is 1. The summed E-state index contributed by atoms with van der Waals surface area (Å²) in [5.41, 5.74) is 5.48. The third-order valence-corrected chi connectivity index (χ3v) is 4.68. The Balaban J connectivity index is 1.89. The number of aliphatic hydroxyl groups is 1. The smallest absolute Gasteiger partial charge is 0.162 e. The van der Waals surface area contributed by atoms with E-state index in [0.717, 1.165) is 41.0 Å². The van der Waals surface area contributed by atoms with Gasteiger partial charge in [0.1, 0.15) is 5.82 Å². The number of aryl methyl sites for hydroxylation is 1. The molecule has 0 atom stereocenters. The fourth-order valence-corrected chi connectivity index (χ4v) is 3.35. The predicted octanol–water partition coefficient (Wildman–Crippen LogP) is 3.97. The van der Waals surface area contributed by atoms with Gasteiger partial charge < -0.3 is 10.4 Å². The van der Waals surface area contributed by atoms with Gasteiger partial charge in [0.25, 0.3) is 0 Å². The third kappa shape index (κ3) is 3.11. The summed E-state index contributed by atoms with van der Waals surface area (Å²) in [7, 11) is 0. The maximum absolute atomic E-state index is 9.19. The molecule has 0 saturated heterocycles. The molecule has 0 bridgehead atoms. The van der Waals surface area contributed by atoms with E-state index in [1.165, 1.54) is 5.56 Å². The molecule has 5 heteroatoms. The molecule has 0 unspecified atom stereocenters. The average Bonchev–Trinajstić information content (AvgIpc) is 2.66. The molecule has 4 rings (SSSR count). The molecule has 0 spiro atoms. The third-order valence-electron chi connectivity index (χ3n) is 4.43. The Morgan fingerprint density at radius 3 is 2.60 bits per heavy atom. The maximum atomic E-state index is 9.19. The van der Waals surface area contributed by atoms with Crippen molar-refractivity contribution in [2.75, 3.05) is 18.5 Å². The van der Waals surface area contributed by atoms with Gasteiger partial charge in [-0.25, -0.2) is 9.97 Å². The van der Waals surface area contributed by atoms with E-state index in [9.17, 15) is 5.11 Å². The van der Waals surface area contributed by atoms with E-state index in [-0.39, 0.29) is 6.61 Å². The summed E-state index contributed by atoms with van der Waals surface area (Å²) in [5.74, 6) is 1.46. The molecule has 0 radical (unpaired) electrons. The van der Waals surface area contributed by atoms with E-state index >= 15 is 0 Å². The molecule has 0 fully saturated rings. The van der Waals surface area contributed by atoms with Gasteiger partial charge in [-0.3, -0.25) is 0 Å². The summed E-state index contributed by atoms with van der Waals surface area (Å²) < 4.78 is 0. The first kappa shape index (κ1) is 16.1. The second-order valence-corrected chi connectivity index (χ2v) is 6.47. The molecule has 4 nitrogen and oxygen atoms in total. The van der Waals surface area contributed by atoms with Crippen molar-refractivity contribution >= 4 is 17.4 Å². The van der Waals surface area contributed by atoms with E-state index in [1.807, 2.05) is 30.3 Å². The molecule has 25 heavy (non-hydrogen) atoms. The Morgan fingerprint density at radius 2 is 1.80 bits per heavy atom. The minimum atomic E-state index is 0.0612. The number of benzene rings is 2. The first-order valence-corrected chi connectivity index (χ1v) is 8.74. The Morgan fingerprint density at radius 1 is 1.00 bits per heavy atom. The largest absolute Gasteiger partial charge is 0.395 e. The lowest BCUT2D eigenvalue weighted by molar-refractivity contribution is 0.311. The number of hydrogen-bond acceptors (Lipinski definition) is 4. The lowest BCUT2D eigenvalue weighted by Crippen LogP contribution is -2.15.